The standard InChI is InChI=1S/C6H15NO3.Al/c8-4-1-7(2-5-9)3-6-10;/h8-10H,1-6H2;. The van der Waals surface area contributed by atoms with Gasteiger partial charge >= 0.3 is 0 Å². The van der Waals surface area contributed by atoms with Crippen LogP contribution in [0.1, 0.15) is 0 Å². The summed E-state index contributed by atoms with van der Waals surface area (Å²) < 4.78 is 0. The van der Waals surface area contributed by atoms with Crippen molar-refractivity contribution in [3.63, 3.8) is 0 Å². The molecule has 0 saturated carbocycles. The summed E-state index contributed by atoms with van der Waals surface area (Å²) in [6, 6.07) is 0. The van der Waals surface area contributed by atoms with E-state index < -0.39 is 0 Å². The molecule has 0 aromatic heterocycles. The van der Waals surface area contributed by atoms with E-state index in [2.05, 4.69) is 0 Å². The van der Waals surface area contributed by atoms with Gasteiger partial charge in [-0.2, -0.15) is 0 Å². The van der Waals surface area contributed by atoms with Crippen LogP contribution in [0.15, 0.2) is 0 Å². The van der Waals surface area contributed by atoms with Gasteiger partial charge < -0.3 is 15.3 Å². The minimum absolute atomic E-state index is 0. The van der Waals surface area contributed by atoms with Crippen LogP contribution in [-0.2, 0) is 0 Å². The number of hydrogen-bond acceptors (Lipinski definition) is 4. The molecule has 0 bridgehead atoms. The first-order valence-corrected chi connectivity index (χ1v) is 3.40. The number of aliphatic hydroxyl groups is 3. The second-order valence-corrected chi connectivity index (χ2v) is 2.01. The van der Waals surface area contributed by atoms with Crippen molar-refractivity contribution in [2.24, 2.45) is 0 Å². The first-order chi connectivity index (χ1) is 4.85. The lowest BCUT2D eigenvalue weighted by atomic mass is 10.4. The smallest absolute Gasteiger partial charge is 0.0558 e. The average molecular weight is 176 g/mol. The molecule has 0 aromatic carbocycles. The molecule has 3 radical (unpaired) electrons. The molecule has 0 amide bonds. The van der Waals surface area contributed by atoms with Crippen LogP contribution in [0.2, 0.25) is 0 Å². The Morgan fingerprint density at radius 3 is 1.18 bits per heavy atom. The highest BCUT2D eigenvalue weighted by molar-refractivity contribution is 5.75. The zero-order valence-corrected chi connectivity index (χ0v) is 7.76. The first-order valence-electron chi connectivity index (χ1n) is 3.40. The minimum atomic E-state index is 0. The Morgan fingerprint density at radius 1 is 0.727 bits per heavy atom. The SMILES string of the molecule is OCCN(CCO)CCO.[Al]. The van der Waals surface area contributed by atoms with E-state index in [1.165, 1.54) is 0 Å². The van der Waals surface area contributed by atoms with Crippen LogP contribution in [0.25, 0.3) is 0 Å². The fourth-order valence-corrected chi connectivity index (χ4v) is 0.760. The van der Waals surface area contributed by atoms with Gasteiger partial charge in [0.05, 0.1) is 19.8 Å². The molecule has 0 aliphatic rings. The molecule has 0 aliphatic carbocycles. The van der Waals surface area contributed by atoms with Gasteiger partial charge in [0.1, 0.15) is 0 Å². The highest BCUT2D eigenvalue weighted by Gasteiger charge is 2.00. The van der Waals surface area contributed by atoms with Crippen molar-refractivity contribution in [2.75, 3.05) is 39.5 Å². The summed E-state index contributed by atoms with van der Waals surface area (Å²) in [6.07, 6.45) is 0. The average Bonchev–Trinajstić information content (AvgIpc) is 1.90. The van der Waals surface area contributed by atoms with Crippen LogP contribution in [0.5, 0.6) is 0 Å². The van der Waals surface area contributed by atoms with Crippen LogP contribution < -0.4 is 0 Å². The van der Waals surface area contributed by atoms with Gasteiger partial charge in [-0.05, 0) is 0 Å². The van der Waals surface area contributed by atoms with E-state index in [0.717, 1.165) is 0 Å². The van der Waals surface area contributed by atoms with E-state index in [1.807, 2.05) is 0 Å². The maximum Gasteiger partial charge on any atom is 0.0558 e. The van der Waals surface area contributed by atoms with Crippen molar-refractivity contribution >= 4 is 17.4 Å². The molecular formula is C6H15AlNO3. The van der Waals surface area contributed by atoms with Crippen LogP contribution in [0.3, 0.4) is 0 Å². The van der Waals surface area contributed by atoms with Gasteiger partial charge in [-0.15, -0.1) is 0 Å². The molecule has 0 rings (SSSR count). The molecule has 0 saturated heterocycles. The van der Waals surface area contributed by atoms with Crippen molar-refractivity contribution in [1.82, 2.24) is 4.90 Å². The van der Waals surface area contributed by atoms with E-state index in [1.54, 1.807) is 4.90 Å². The van der Waals surface area contributed by atoms with Crippen LogP contribution in [0.4, 0.5) is 0 Å². The molecule has 0 unspecified atom stereocenters. The molecule has 0 heterocycles. The fraction of sp³-hybridized carbons (Fsp3) is 1.00. The Morgan fingerprint density at radius 2 is 1.00 bits per heavy atom. The highest BCUT2D eigenvalue weighted by atomic mass is 27.0. The second-order valence-electron chi connectivity index (χ2n) is 2.01. The maximum atomic E-state index is 8.48. The first kappa shape index (κ1) is 13.9. The molecule has 0 aliphatic heterocycles. The Balaban J connectivity index is 0. The molecule has 0 aromatic rings. The molecule has 0 spiro atoms. The van der Waals surface area contributed by atoms with Crippen molar-refractivity contribution in [2.45, 2.75) is 0 Å². The lowest BCUT2D eigenvalue weighted by Gasteiger charge is -2.17. The molecule has 65 valence electrons. The van der Waals surface area contributed by atoms with Gasteiger partial charge in [-0.25, -0.2) is 0 Å². The molecule has 0 atom stereocenters. The summed E-state index contributed by atoms with van der Waals surface area (Å²) in [5, 5.41) is 25.5. The monoisotopic (exact) mass is 176 g/mol. The lowest BCUT2D eigenvalue weighted by molar-refractivity contribution is 0.136. The molecular weight excluding hydrogens is 161 g/mol. The van der Waals surface area contributed by atoms with E-state index in [4.69, 9.17) is 15.3 Å². The number of hydrogen-bond donors (Lipinski definition) is 3. The Bertz CT molecular complexity index is 60.6. The van der Waals surface area contributed by atoms with Gasteiger partial charge in [-0.1, -0.05) is 0 Å². The van der Waals surface area contributed by atoms with Crippen LogP contribution in [-0.4, -0.2) is 77.0 Å². The molecule has 11 heavy (non-hydrogen) atoms. The third-order valence-corrected chi connectivity index (χ3v) is 1.25. The van der Waals surface area contributed by atoms with Gasteiger partial charge in [0, 0.05) is 37.0 Å². The van der Waals surface area contributed by atoms with E-state index >= 15 is 0 Å². The fourth-order valence-electron chi connectivity index (χ4n) is 0.760. The van der Waals surface area contributed by atoms with Crippen LogP contribution in [0, 0.1) is 0 Å². The van der Waals surface area contributed by atoms with Crippen molar-refractivity contribution in [1.29, 1.82) is 0 Å². The summed E-state index contributed by atoms with van der Waals surface area (Å²) >= 11 is 0. The largest absolute Gasteiger partial charge is 0.395 e. The van der Waals surface area contributed by atoms with Gasteiger partial charge in [-0.3, -0.25) is 4.90 Å². The Kier molecular flexibility index (Phi) is 13.1. The van der Waals surface area contributed by atoms with Crippen LogP contribution >= 0.6 is 0 Å². The van der Waals surface area contributed by atoms with Gasteiger partial charge in [0.15, 0.2) is 0 Å². The number of rotatable bonds is 6. The van der Waals surface area contributed by atoms with Gasteiger partial charge in [0.25, 0.3) is 0 Å². The zero-order valence-electron chi connectivity index (χ0n) is 6.61. The molecule has 3 N–H and O–H groups in total. The van der Waals surface area contributed by atoms with E-state index in [9.17, 15) is 0 Å². The maximum absolute atomic E-state index is 8.48. The third-order valence-electron chi connectivity index (χ3n) is 1.25. The summed E-state index contributed by atoms with van der Waals surface area (Å²) in [6.45, 7) is 1.75. The van der Waals surface area contributed by atoms with E-state index in [-0.39, 0.29) is 37.2 Å². The van der Waals surface area contributed by atoms with Gasteiger partial charge in [0.2, 0.25) is 0 Å². The normalized spacial score (nSPS) is 9.82. The lowest BCUT2D eigenvalue weighted by Crippen LogP contribution is -2.32. The van der Waals surface area contributed by atoms with E-state index in [0.29, 0.717) is 19.6 Å². The molecule has 4 nitrogen and oxygen atoms in total. The zero-order chi connectivity index (χ0) is 7.82. The molecule has 5 heteroatoms. The molecule has 0 fully saturated rings. The van der Waals surface area contributed by atoms with Crippen molar-refractivity contribution < 1.29 is 15.3 Å². The predicted molar refractivity (Wildman–Crippen MR) is 43.5 cm³/mol. The number of aliphatic hydroxyl groups excluding tert-OH is 3. The summed E-state index contributed by atoms with van der Waals surface area (Å²) in [5.74, 6) is 0. The topological polar surface area (TPSA) is 63.9 Å². The third kappa shape index (κ3) is 8.28. The van der Waals surface area contributed by atoms with Crippen molar-refractivity contribution in [3.8, 4) is 0 Å². The second kappa shape index (κ2) is 10.4. The Labute approximate surface area is 77.6 Å². The summed E-state index contributed by atoms with van der Waals surface area (Å²) in [5.41, 5.74) is 0. The predicted octanol–water partition coefficient (Wildman–Crippen LogP) is -2.12. The summed E-state index contributed by atoms with van der Waals surface area (Å²) in [7, 11) is 0. The Hall–Kier alpha value is 0.372. The van der Waals surface area contributed by atoms with Crippen molar-refractivity contribution in [3.05, 3.63) is 0 Å². The highest BCUT2D eigenvalue weighted by Crippen LogP contribution is 1.84. The summed E-state index contributed by atoms with van der Waals surface area (Å²) in [4.78, 5) is 1.79. The minimum Gasteiger partial charge on any atom is -0.395 e. The number of nitrogens with zero attached hydrogens (tertiary/aromatic N) is 1. The quantitative estimate of drug-likeness (QED) is 0.405.